The normalized spacial score (nSPS) is 12.9. The number of aryl methyl sites for hydroxylation is 4. The van der Waals surface area contributed by atoms with Gasteiger partial charge < -0.3 is 5.73 Å². The Kier molecular flexibility index (Phi) is 4.10. The smallest absolute Gasteiger partial charge is 0.0766 e. The minimum Gasteiger partial charge on any atom is -0.322 e. The third-order valence-electron chi connectivity index (χ3n) is 3.33. The van der Waals surface area contributed by atoms with Gasteiger partial charge in [-0.1, -0.05) is 6.92 Å². The lowest BCUT2D eigenvalue weighted by molar-refractivity contribution is 0.586. The fraction of sp³-hybridized carbons (Fsp3) is 0.538. The summed E-state index contributed by atoms with van der Waals surface area (Å²) >= 11 is 3.63. The Bertz CT molecular complexity index is 584. The van der Waals surface area contributed by atoms with Gasteiger partial charge in [-0.25, -0.2) is 0 Å². The van der Waals surface area contributed by atoms with Crippen LogP contribution < -0.4 is 5.73 Å². The highest BCUT2D eigenvalue weighted by atomic mass is 79.9. The molecule has 1 unspecified atom stereocenters. The van der Waals surface area contributed by atoms with Crippen LogP contribution in [0.25, 0.3) is 0 Å². The summed E-state index contributed by atoms with van der Waals surface area (Å²) in [5.74, 6) is 0. The Morgan fingerprint density at radius 2 is 2.00 bits per heavy atom. The summed E-state index contributed by atoms with van der Waals surface area (Å²) in [5.41, 5.74) is 10.5. The van der Waals surface area contributed by atoms with Gasteiger partial charge in [0.25, 0.3) is 0 Å². The van der Waals surface area contributed by atoms with E-state index in [1.165, 1.54) is 0 Å². The molecule has 0 fully saturated rings. The van der Waals surface area contributed by atoms with Crippen molar-refractivity contribution in [3.63, 3.8) is 0 Å². The molecule has 0 saturated heterocycles. The molecule has 0 radical (unpaired) electrons. The van der Waals surface area contributed by atoms with Crippen LogP contribution in [0, 0.1) is 6.92 Å². The van der Waals surface area contributed by atoms with Crippen molar-refractivity contribution in [1.29, 1.82) is 0 Å². The lowest BCUT2D eigenvalue weighted by Crippen LogP contribution is -2.18. The van der Waals surface area contributed by atoms with Crippen molar-refractivity contribution in [2.45, 2.75) is 32.7 Å². The average Bonchev–Trinajstić information content (AvgIpc) is 2.82. The Balaban J connectivity index is 2.26. The fourth-order valence-corrected chi connectivity index (χ4v) is 3.11. The zero-order valence-corrected chi connectivity index (χ0v) is 13.4. The third-order valence-corrected chi connectivity index (χ3v) is 4.25. The highest BCUT2D eigenvalue weighted by molar-refractivity contribution is 9.10. The quantitative estimate of drug-likeness (QED) is 0.935. The van der Waals surface area contributed by atoms with E-state index in [-0.39, 0.29) is 6.04 Å². The second-order valence-corrected chi connectivity index (χ2v) is 5.62. The van der Waals surface area contributed by atoms with E-state index in [0.29, 0.717) is 0 Å². The molecule has 6 heteroatoms. The number of aromatic nitrogens is 4. The van der Waals surface area contributed by atoms with E-state index < -0.39 is 0 Å². The first-order valence-corrected chi connectivity index (χ1v) is 7.19. The maximum atomic E-state index is 6.31. The highest BCUT2D eigenvalue weighted by Crippen LogP contribution is 2.25. The molecule has 0 aliphatic heterocycles. The number of hydrogen-bond acceptors (Lipinski definition) is 3. The predicted molar refractivity (Wildman–Crippen MR) is 78.9 cm³/mol. The first-order valence-electron chi connectivity index (χ1n) is 6.40. The van der Waals surface area contributed by atoms with E-state index in [9.17, 15) is 0 Å². The largest absolute Gasteiger partial charge is 0.322 e. The molecular weight excluding hydrogens is 306 g/mol. The standard InChI is InChI=1S/C13H20BrN5/c1-5-10-13(14)12(19(4)17-10)7-9(15)11-6-8(2)16-18(11)3/h6,9H,5,7,15H2,1-4H3. The van der Waals surface area contributed by atoms with Gasteiger partial charge in [-0.05, 0) is 35.3 Å². The second kappa shape index (κ2) is 5.46. The Morgan fingerprint density at radius 1 is 1.32 bits per heavy atom. The van der Waals surface area contributed by atoms with E-state index in [4.69, 9.17) is 5.73 Å². The summed E-state index contributed by atoms with van der Waals surface area (Å²) in [4.78, 5) is 0. The molecule has 2 rings (SSSR count). The molecule has 2 aromatic heterocycles. The summed E-state index contributed by atoms with van der Waals surface area (Å²) in [6.45, 7) is 4.08. The van der Waals surface area contributed by atoms with Crippen molar-refractivity contribution in [3.8, 4) is 0 Å². The fourth-order valence-electron chi connectivity index (χ4n) is 2.33. The van der Waals surface area contributed by atoms with E-state index in [1.807, 2.05) is 36.4 Å². The first-order chi connectivity index (χ1) is 8.93. The number of halogens is 1. The molecule has 0 spiro atoms. The van der Waals surface area contributed by atoms with Crippen molar-refractivity contribution < 1.29 is 0 Å². The third kappa shape index (κ3) is 2.74. The molecule has 2 aromatic rings. The Morgan fingerprint density at radius 3 is 2.47 bits per heavy atom. The van der Waals surface area contributed by atoms with Gasteiger partial charge in [-0.2, -0.15) is 10.2 Å². The average molecular weight is 326 g/mol. The van der Waals surface area contributed by atoms with Gasteiger partial charge in [0.1, 0.15) is 0 Å². The Hall–Kier alpha value is -1.14. The molecule has 5 nitrogen and oxygen atoms in total. The summed E-state index contributed by atoms with van der Waals surface area (Å²) in [6.07, 6.45) is 1.65. The van der Waals surface area contributed by atoms with E-state index in [0.717, 1.165) is 40.1 Å². The summed E-state index contributed by atoms with van der Waals surface area (Å²) in [5, 5.41) is 8.84. The van der Waals surface area contributed by atoms with Crippen LogP contribution in [0.1, 0.15) is 35.7 Å². The van der Waals surface area contributed by atoms with Gasteiger partial charge in [0.2, 0.25) is 0 Å². The summed E-state index contributed by atoms with van der Waals surface area (Å²) in [6, 6.07) is 1.96. The molecule has 104 valence electrons. The molecule has 1 atom stereocenters. The molecule has 2 heterocycles. The minimum atomic E-state index is -0.0809. The van der Waals surface area contributed by atoms with Crippen molar-refractivity contribution in [2.75, 3.05) is 0 Å². The van der Waals surface area contributed by atoms with Gasteiger partial charge in [0.05, 0.1) is 33.3 Å². The number of nitrogens with zero attached hydrogens (tertiary/aromatic N) is 4. The first kappa shape index (κ1) is 14.3. The molecular formula is C13H20BrN5. The van der Waals surface area contributed by atoms with E-state index >= 15 is 0 Å². The zero-order valence-electron chi connectivity index (χ0n) is 11.8. The zero-order chi connectivity index (χ0) is 14.2. The van der Waals surface area contributed by atoms with Crippen LogP contribution in [0.3, 0.4) is 0 Å². The highest BCUT2D eigenvalue weighted by Gasteiger charge is 2.18. The summed E-state index contributed by atoms with van der Waals surface area (Å²) < 4.78 is 4.84. The van der Waals surface area contributed by atoms with Crippen LogP contribution in [-0.2, 0) is 26.9 Å². The molecule has 0 amide bonds. The minimum absolute atomic E-state index is 0.0809. The van der Waals surface area contributed by atoms with Crippen molar-refractivity contribution >= 4 is 15.9 Å². The van der Waals surface area contributed by atoms with Gasteiger partial charge in [-0.15, -0.1) is 0 Å². The molecule has 0 aromatic carbocycles. The van der Waals surface area contributed by atoms with Gasteiger partial charge in [0.15, 0.2) is 0 Å². The number of nitrogens with two attached hydrogens (primary N) is 1. The number of rotatable bonds is 4. The van der Waals surface area contributed by atoms with Crippen LogP contribution in [0.5, 0.6) is 0 Å². The van der Waals surface area contributed by atoms with Crippen molar-refractivity contribution in [1.82, 2.24) is 19.6 Å². The van der Waals surface area contributed by atoms with Crippen LogP contribution >= 0.6 is 15.9 Å². The van der Waals surface area contributed by atoms with Crippen LogP contribution in [-0.4, -0.2) is 19.6 Å². The molecule has 0 bridgehead atoms. The van der Waals surface area contributed by atoms with Gasteiger partial charge in [0, 0.05) is 20.5 Å². The van der Waals surface area contributed by atoms with Crippen LogP contribution in [0.4, 0.5) is 0 Å². The van der Waals surface area contributed by atoms with Crippen LogP contribution in [0.2, 0.25) is 0 Å². The van der Waals surface area contributed by atoms with Gasteiger partial charge >= 0.3 is 0 Å². The molecule has 19 heavy (non-hydrogen) atoms. The molecule has 2 N–H and O–H groups in total. The van der Waals surface area contributed by atoms with Gasteiger partial charge in [-0.3, -0.25) is 9.36 Å². The van der Waals surface area contributed by atoms with E-state index in [2.05, 4.69) is 33.1 Å². The van der Waals surface area contributed by atoms with Crippen LogP contribution in [0.15, 0.2) is 10.5 Å². The predicted octanol–water partition coefficient (Wildman–Crippen LogP) is 2.03. The SMILES string of the molecule is CCc1nn(C)c(CC(N)c2cc(C)nn2C)c1Br. The van der Waals surface area contributed by atoms with E-state index in [1.54, 1.807) is 0 Å². The molecule has 0 aliphatic carbocycles. The monoisotopic (exact) mass is 325 g/mol. The maximum absolute atomic E-state index is 6.31. The summed E-state index contributed by atoms with van der Waals surface area (Å²) in [7, 11) is 3.89. The maximum Gasteiger partial charge on any atom is 0.0766 e. The second-order valence-electron chi connectivity index (χ2n) is 4.83. The molecule has 0 aliphatic rings. The van der Waals surface area contributed by atoms with Crippen molar-refractivity contribution in [2.24, 2.45) is 19.8 Å². The number of hydrogen-bond donors (Lipinski definition) is 1. The van der Waals surface area contributed by atoms with Crippen molar-refractivity contribution in [3.05, 3.63) is 33.3 Å². The molecule has 0 saturated carbocycles. The lowest BCUT2D eigenvalue weighted by Gasteiger charge is -2.12. The lowest BCUT2D eigenvalue weighted by atomic mass is 10.1. The topological polar surface area (TPSA) is 61.7 Å². The Labute approximate surface area is 121 Å².